The summed E-state index contributed by atoms with van der Waals surface area (Å²) in [4.78, 5) is 31.6. The number of hydrogen-bond acceptors (Lipinski definition) is 7. The van der Waals surface area contributed by atoms with Crippen LogP contribution in [-0.2, 0) is 14.4 Å². The summed E-state index contributed by atoms with van der Waals surface area (Å²) in [6.45, 7) is 1.48. The molecule has 0 aliphatic carbocycles. The van der Waals surface area contributed by atoms with Crippen molar-refractivity contribution >= 4 is 23.2 Å². The predicted octanol–water partition coefficient (Wildman–Crippen LogP) is -0.0911. The van der Waals surface area contributed by atoms with Gasteiger partial charge in [-0.2, -0.15) is 0 Å². The third-order valence-electron chi connectivity index (χ3n) is 3.89. The highest BCUT2D eigenvalue weighted by Gasteiger charge is 2.58. The standard InChI is InChI=1S/C14H10N4O5/c1-7-10(16-23-18(7)21)11-9-12(22-15-11)14(20)17(13(9)19)8-5-3-2-4-6-8/h2-6,9,12H,1H3/t9-,12+/m1/s1. The highest BCUT2D eigenvalue weighted by Crippen LogP contribution is 2.34. The molecule has 9 heteroatoms. The van der Waals surface area contributed by atoms with Crippen molar-refractivity contribution in [1.29, 1.82) is 0 Å². The maximum absolute atomic E-state index is 12.7. The third-order valence-corrected chi connectivity index (χ3v) is 3.89. The van der Waals surface area contributed by atoms with Crippen molar-refractivity contribution < 1.29 is 24.0 Å². The van der Waals surface area contributed by atoms with Crippen LogP contribution < -0.4 is 9.80 Å². The second-order valence-electron chi connectivity index (χ2n) is 5.19. The molecule has 0 N–H and O–H groups in total. The quantitative estimate of drug-likeness (QED) is 0.565. The number of carbonyl (C=O) groups excluding carboxylic acids is 2. The minimum absolute atomic E-state index is 0.114. The fourth-order valence-electron chi connectivity index (χ4n) is 2.73. The third kappa shape index (κ3) is 1.76. The van der Waals surface area contributed by atoms with Gasteiger partial charge < -0.3 is 10.0 Å². The van der Waals surface area contributed by atoms with Crippen molar-refractivity contribution in [3.05, 3.63) is 46.9 Å². The number of aromatic nitrogens is 2. The number of amides is 2. The van der Waals surface area contributed by atoms with Crippen molar-refractivity contribution in [2.24, 2.45) is 11.1 Å². The number of para-hydroxylation sites is 1. The van der Waals surface area contributed by atoms with Crippen LogP contribution in [0, 0.1) is 18.0 Å². The Labute approximate surface area is 129 Å². The number of anilines is 1. The van der Waals surface area contributed by atoms with E-state index in [0.29, 0.717) is 5.69 Å². The molecule has 23 heavy (non-hydrogen) atoms. The lowest BCUT2D eigenvalue weighted by atomic mass is 9.97. The van der Waals surface area contributed by atoms with Crippen LogP contribution in [0.15, 0.2) is 40.1 Å². The van der Waals surface area contributed by atoms with Crippen molar-refractivity contribution in [3.8, 4) is 0 Å². The van der Waals surface area contributed by atoms with Crippen LogP contribution in [-0.4, -0.2) is 28.8 Å². The van der Waals surface area contributed by atoms with Gasteiger partial charge in [0.05, 0.1) is 5.69 Å². The zero-order chi connectivity index (χ0) is 16.1. The summed E-state index contributed by atoms with van der Waals surface area (Å²) in [5.41, 5.74) is 0.841. The normalized spacial score (nSPS) is 23.0. The van der Waals surface area contributed by atoms with Crippen LogP contribution in [0.25, 0.3) is 0 Å². The molecule has 0 radical (unpaired) electrons. The largest absolute Gasteiger partial charge is 0.381 e. The Morgan fingerprint density at radius 3 is 2.61 bits per heavy atom. The summed E-state index contributed by atoms with van der Waals surface area (Å²) >= 11 is 0. The number of hydrogen-bond donors (Lipinski definition) is 0. The molecule has 2 aromatic rings. The van der Waals surface area contributed by atoms with E-state index >= 15 is 0 Å². The van der Waals surface area contributed by atoms with Gasteiger partial charge in [0.15, 0.2) is 5.71 Å². The summed E-state index contributed by atoms with van der Waals surface area (Å²) in [6.07, 6.45) is -1.05. The summed E-state index contributed by atoms with van der Waals surface area (Å²) in [5, 5.41) is 18.7. The molecular formula is C14H10N4O5. The first kappa shape index (κ1) is 13.4. The Balaban J connectivity index is 1.74. The highest BCUT2D eigenvalue weighted by molar-refractivity contribution is 6.32. The molecule has 0 spiro atoms. The molecule has 1 aromatic heterocycles. The Hall–Kier alpha value is -3.23. The van der Waals surface area contributed by atoms with E-state index in [2.05, 4.69) is 14.9 Å². The molecule has 0 unspecified atom stereocenters. The molecule has 1 fully saturated rings. The average molecular weight is 314 g/mol. The maximum atomic E-state index is 12.7. The first-order valence-electron chi connectivity index (χ1n) is 6.83. The van der Waals surface area contributed by atoms with Gasteiger partial charge in [-0.3, -0.25) is 14.2 Å². The second kappa shape index (κ2) is 4.63. The zero-order valence-corrected chi connectivity index (χ0v) is 11.9. The smallest absolute Gasteiger partial charge is 0.278 e. The summed E-state index contributed by atoms with van der Waals surface area (Å²) in [6, 6.07) is 8.54. The lowest BCUT2D eigenvalue weighted by molar-refractivity contribution is -0.806. The monoisotopic (exact) mass is 314 g/mol. The van der Waals surface area contributed by atoms with Crippen LogP contribution in [0.5, 0.6) is 0 Å². The van der Waals surface area contributed by atoms with E-state index in [0.717, 1.165) is 4.90 Å². The molecular weight excluding hydrogens is 304 g/mol. The number of carbonyl (C=O) groups is 2. The molecule has 2 aliphatic heterocycles. The molecule has 1 saturated heterocycles. The minimum atomic E-state index is -1.05. The van der Waals surface area contributed by atoms with Gasteiger partial charge in [-0.1, -0.05) is 23.4 Å². The van der Waals surface area contributed by atoms with Gasteiger partial charge >= 0.3 is 0 Å². The number of benzene rings is 1. The lowest BCUT2D eigenvalue weighted by Crippen LogP contribution is -2.33. The van der Waals surface area contributed by atoms with Gasteiger partial charge in [0.2, 0.25) is 17.7 Å². The molecule has 0 saturated carbocycles. The van der Waals surface area contributed by atoms with Crippen molar-refractivity contribution in [1.82, 2.24) is 5.16 Å². The van der Waals surface area contributed by atoms with Crippen LogP contribution in [0.2, 0.25) is 0 Å². The second-order valence-corrected chi connectivity index (χ2v) is 5.19. The number of imide groups is 1. The van der Waals surface area contributed by atoms with E-state index < -0.39 is 23.8 Å². The average Bonchev–Trinajstić information content (AvgIpc) is 3.19. The van der Waals surface area contributed by atoms with E-state index in [9.17, 15) is 14.8 Å². The number of fused-ring (bicyclic) bond motifs is 1. The Bertz CT molecular complexity index is 844. The van der Waals surface area contributed by atoms with Crippen molar-refractivity contribution in [2.45, 2.75) is 13.0 Å². The minimum Gasteiger partial charge on any atom is -0.381 e. The van der Waals surface area contributed by atoms with E-state index in [1.165, 1.54) is 6.92 Å². The zero-order valence-electron chi connectivity index (χ0n) is 11.9. The van der Waals surface area contributed by atoms with Crippen molar-refractivity contribution in [2.75, 3.05) is 4.90 Å². The van der Waals surface area contributed by atoms with Crippen LogP contribution in [0.3, 0.4) is 0 Å². The molecule has 2 atom stereocenters. The number of rotatable bonds is 2. The summed E-state index contributed by atoms with van der Waals surface area (Å²) < 4.78 is 4.49. The van der Waals surface area contributed by atoms with E-state index in [4.69, 9.17) is 4.84 Å². The lowest BCUT2D eigenvalue weighted by Gasteiger charge is -2.14. The van der Waals surface area contributed by atoms with Crippen LogP contribution in [0.4, 0.5) is 5.69 Å². The molecule has 2 amide bonds. The molecule has 3 heterocycles. The number of nitrogens with zero attached hydrogens (tertiary/aromatic N) is 4. The number of oxime groups is 1. The van der Waals surface area contributed by atoms with Crippen LogP contribution in [0.1, 0.15) is 11.4 Å². The van der Waals surface area contributed by atoms with Gasteiger partial charge in [-0.25, -0.2) is 4.90 Å². The van der Waals surface area contributed by atoms with Gasteiger partial charge in [-0.15, -0.1) is 0 Å². The van der Waals surface area contributed by atoms with Crippen molar-refractivity contribution in [3.63, 3.8) is 0 Å². The Kier molecular flexibility index (Phi) is 2.71. The fourth-order valence-corrected chi connectivity index (χ4v) is 2.73. The predicted molar refractivity (Wildman–Crippen MR) is 74.0 cm³/mol. The fraction of sp³-hybridized carbons (Fsp3) is 0.214. The highest BCUT2D eigenvalue weighted by atomic mass is 16.8. The SMILES string of the molecule is Cc1c(C2=NO[C@@H]3C(=O)N(c4ccccc4)C(=O)[C@H]23)no[n+]1[O-]. The molecule has 0 bridgehead atoms. The first-order chi connectivity index (χ1) is 11.1. The molecule has 116 valence electrons. The molecule has 1 aromatic carbocycles. The molecule has 9 nitrogen and oxygen atoms in total. The molecule has 2 aliphatic rings. The van der Waals surface area contributed by atoms with Gasteiger partial charge in [0.1, 0.15) is 5.92 Å². The van der Waals surface area contributed by atoms with E-state index in [1.807, 2.05) is 0 Å². The van der Waals surface area contributed by atoms with E-state index in [1.54, 1.807) is 30.3 Å². The molecule has 4 rings (SSSR count). The first-order valence-corrected chi connectivity index (χ1v) is 6.83. The summed E-state index contributed by atoms with van der Waals surface area (Å²) in [5.74, 6) is -1.91. The van der Waals surface area contributed by atoms with Gasteiger partial charge in [0, 0.05) is 12.1 Å². The van der Waals surface area contributed by atoms with E-state index in [-0.39, 0.29) is 22.0 Å². The summed E-state index contributed by atoms with van der Waals surface area (Å²) in [7, 11) is 0. The Morgan fingerprint density at radius 1 is 1.22 bits per heavy atom. The van der Waals surface area contributed by atoms with Crippen LogP contribution >= 0.6 is 0 Å². The maximum Gasteiger partial charge on any atom is 0.278 e. The van der Waals surface area contributed by atoms with Gasteiger partial charge in [0.25, 0.3) is 11.6 Å². The topological polar surface area (TPSA) is 112 Å². The van der Waals surface area contributed by atoms with Gasteiger partial charge in [-0.05, 0) is 17.0 Å². The Morgan fingerprint density at radius 2 is 1.96 bits per heavy atom.